The van der Waals surface area contributed by atoms with Crippen LogP contribution < -0.4 is 5.32 Å². The van der Waals surface area contributed by atoms with Crippen molar-refractivity contribution in [3.8, 4) is 0 Å². The number of amides is 1. The van der Waals surface area contributed by atoms with Crippen LogP contribution in [0.15, 0.2) is 24.0 Å². The number of methoxy groups -OCH3 is 1. The SMILES string of the molecule is COC1=CC=CC2NC(=O)OC(=O)C12CCC1CC1. The highest BCUT2D eigenvalue weighted by molar-refractivity contribution is 5.94. The van der Waals surface area contributed by atoms with Crippen LogP contribution in [-0.2, 0) is 14.3 Å². The molecular formula is C14H17NO4. The molecule has 0 aromatic carbocycles. The van der Waals surface area contributed by atoms with Gasteiger partial charge in [0.15, 0.2) is 0 Å². The maximum atomic E-state index is 12.3. The molecule has 0 radical (unpaired) electrons. The molecule has 2 aliphatic carbocycles. The third kappa shape index (κ3) is 1.93. The van der Waals surface area contributed by atoms with Crippen LogP contribution in [-0.4, -0.2) is 25.2 Å². The number of allylic oxidation sites excluding steroid dienone is 2. The first-order valence-corrected chi connectivity index (χ1v) is 6.62. The van der Waals surface area contributed by atoms with Gasteiger partial charge in [-0.1, -0.05) is 25.0 Å². The van der Waals surface area contributed by atoms with Gasteiger partial charge in [-0.05, 0) is 24.8 Å². The van der Waals surface area contributed by atoms with E-state index in [0.717, 1.165) is 6.42 Å². The number of cyclic esters (lactones) is 2. The van der Waals surface area contributed by atoms with Crippen LogP contribution in [0.3, 0.4) is 0 Å². The first kappa shape index (κ1) is 12.3. The molecule has 2 atom stereocenters. The van der Waals surface area contributed by atoms with Gasteiger partial charge in [0, 0.05) is 0 Å². The summed E-state index contributed by atoms with van der Waals surface area (Å²) in [5, 5.41) is 2.71. The minimum atomic E-state index is -0.889. The first-order chi connectivity index (χ1) is 9.16. The van der Waals surface area contributed by atoms with Gasteiger partial charge in [-0.3, -0.25) is 4.79 Å². The number of fused-ring (bicyclic) bond motifs is 1. The Hall–Kier alpha value is -1.78. The molecule has 1 aliphatic heterocycles. The van der Waals surface area contributed by atoms with Gasteiger partial charge in [0.05, 0.1) is 13.2 Å². The Bertz CT molecular complexity index is 478. The van der Waals surface area contributed by atoms with Crippen molar-refractivity contribution >= 4 is 12.1 Å². The number of carbonyl (C=O) groups excluding carboxylic acids is 2. The van der Waals surface area contributed by atoms with Gasteiger partial charge >= 0.3 is 12.1 Å². The summed E-state index contributed by atoms with van der Waals surface area (Å²) < 4.78 is 10.2. The molecule has 1 heterocycles. The standard InChI is InChI=1S/C14H17NO4/c1-18-11-4-2-3-10-14(11,8-7-9-5-6-9)12(16)19-13(17)15-10/h2-4,9-10H,5-8H2,1H3,(H,15,17). The van der Waals surface area contributed by atoms with E-state index in [2.05, 4.69) is 5.32 Å². The lowest BCUT2D eigenvalue weighted by molar-refractivity contribution is -0.154. The predicted octanol–water partition coefficient (Wildman–Crippen LogP) is 1.90. The Morgan fingerprint density at radius 2 is 2.26 bits per heavy atom. The second kappa shape index (κ2) is 4.40. The van der Waals surface area contributed by atoms with E-state index in [4.69, 9.17) is 9.47 Å². The van der Waals surface area contributed by atoms with Crippen molar-refractivity contribution in [3.05, 3.63) is 24.0 Å². The van der Waals surface area contributed by atoms with Gasteiger partial charge in [-0.15, -0.1) is 0 Å². The molecule has 5 heteroatoms. The second-order valence-electron chi connectivity index (χ2n) is 5.37. The Morgan fingerprint density at radius 3 is 2.95 bits per heavy atom. The summed E-state index contributed by atoms with van der Waals surface area (Å²) >= 11 is 0. The lowest BCUT2D eigenvalue weighted by Crippen LogP contribution is -2.59. The number of esters is 1. The summed E-state index contributed by atoms with van der Waals surface area (Å²) in [6, 6.07) is -0.375. The Balaban J connectivity index is 1.93. The normalized spacial score (nSPS) is 33.1. The summed E-state index contributed by atoms with van der Waals surface area (Å²) in [6.07, 6.45) is 8.78. The molecule has 0 bridgehead atoms. The van der Waals surface area contributed by atoms with E-state index in [9.17, 15) is 9.59 Å². The Kier molecular flexibility index (Phi) is 2.84. The van der Waals surface area contributed by atoms with Crippen molar-refractivity contribution in [3.63, 3.8) is 0 Å². The molecule has 0 aromatic rings. The number of carbonyl (C=O) groups is 2. The molecule has 1 amide bonds. The Morgan fingerprint density at radius 1 is 1.47 bits per heavy atom. The van der Waals surface area contributed by atoms with Crippen LogP contribution in [0.2, 0.25) is 0 Å². The lowest BCUT2D eigenvalue weighted by atomic mass is 9.71. The van der Waals surface area contributed by atoms with Crippen molar-refractivity contribution in [1.29, 1.82) is 0 Å². The summed E-state index contributed by atoms with van der Waals surface area (Å²) in [6.45, 7) is 0. The van der Waals surface area contributed by atoms with Crippen LogP contribution in [0.25, 0.3) is 0 Å². The van der Waals surface area contributed by atoms with Gasteiger partial charge < -0.3 is 14.8 Å². The van der Waals surface area contributed by atoms with Crippen LogP contribution in [0.4, 0.5) is 4.79 Å². The minimum absolute atomic E-state index is 0.375. The van der Waals surface area contributed by atoms with Crippen molar-refractivity contribution in [1.82, 2.24) is 5.32 Å². The molecule has 1 N–H and O–H groups in total. The van der Waals surface area contributed by atoms with E-state index in [1.165, 1.54) is 12.8 Å². The van der Waals surface area contributed by atoms with Gasteiger partial charge in [0.1, 0.15) is 11.2 Å². The average molecular weight is 263 g/mol. The maximum absolute atomic E-state index is 12.3. The summed E-state index contributed by atoms with van der Waals surface area (Å²) in [5.74, 6) is 0.773. The van der Waals surface area contributed by atoms with Gasteiger partial charge in [-0.2, -0.15) is 0 Å². The smallest absolute Gasteiger partial charge is 0.415 e. The summed E-state index contributed by atoms with van der Waals surface area (Å²) in [7, 11) is 1.55. The zero-order chi connectivity index (χ0) is 13.5. The number of ether oxygens (including phenoxy) is 2. The van der Waals surface area contributed by atoms with E-state index >= 15 is 0 Å². The molecule has 2 fully saturated rings. The van der Waals surface area contributed by atoms with Crippen LogP contribution in [0.5, 0.6) is 0 Å². The molecule has 102 valence electrons. The summed E-state index contributed by atoms with van der Waals surface area (Å²) in [5.41, 5.74) is -0.889. The van der Waals surface area contributed by atoms with Crippen LogP contribution in [0, 0.1) is 11.3 Å². The number of hydrogen-bond acceptors (Lipinski definition) is 4. The van der Waals surface area contributed by atoms with E-state index in [1.54, 1.807) is 19.3 Å². The number of alkyl carbamates (subject to hydrolysis) is 1. The second-order valence-corrected chi connectivity index (χ2v) is 5.37. The van der Waals surface area contributed by atoms with E-state index in [-0.39, 0.29) is 6.04 Å². The van der Waals surface area contributed by atoms with Crippen molar-refractivity contribution in [2.24, 2.45) is 11.3 Å². The maximum Gasteiger partial charge on any atom is 0.415 e. The zero-order valence-electron chi connectivity index (χ0n) is 10.8. The Labute approximate surface area is 111 Å². The fourth-order valence-electron chi connectivity index (χ4n) is 2.92. The van der Waals surface area contributed by atoms with Gasteiger partial charge in [0.2, 0.25) is 0 Å². The molecule has 0 spiro atoms. The molecule has 5 nitrogen and oxygen atoms in total. The van der Waals surface area contributed by atoms with Crippen molar-refractivity contribution in [2.75, 3.05) is 7.11 Å². The monoisotopic (exact) mass is 263 g/mol. The first-order valence-electron chi connectivity index (χ1n) is 6.62. The zero-order valence-corrected chi connectivity index (χ0v) is 10.8. The van der Waals surface area contributed by atoms with Gasteiger partial charge in [0.25, 0.3) is 0 Å². The number of rotatable bonds is 4. The van der Waals surface area contributed by atoms with E-state index < -0.39 is 17.5 Å². The molecule has 1 saturated carbocycles. The molecule has 2 unspecified atom stereocenters. The predicted molar refractivity (Wildman–Crippen MR) is 67.0 cm³/mol. The molecule has 19 heavy (non-hydrogen) atoms. The minimum Gasteiger partial charge on any atom is -0.500 e. The van der Waals surface area contributed by atoms with Crippen LogP contribution in [0.1, 0.15) is 25.7 Å². The molecule has 0 aromatic heterocycles. The molecule has 3 aliphatic rings. The number of hydrogen-bond donors (Lipinski definition) is 1. The highest BCUT2D eigenvalue weighted by Gasteiger charge is 2.55. The largest absolute Gasteiger partial charge is 0.500 e. The average Bonchev–Trinajstić information content (AvgIpc) is 3.20. The molecule has 3 rings (SSSR count). The third-order valence-electron chi connectivity index (χ3n) is 4.21. The summed E-state index contributed by atoms with van der Waals surface area (Å²) in [4.78, 5) is 23.7. The molecule has 1 saturated heterocycles. The van der Waals surface area contributed by atoms with Gasteiger partial charge in [-0.25, -0.2) is 4.79 Å². The van der Waals surface area contributed by atoms with E-state index in [1.807, 2.05) is 6.08 Å². The highest BCUT2D eigenvalue weighted by atomic mass is 16.6. The quantitative estimate of drug-likeness (QED) is 0.621. The fraction of sp³-hybridized carbons (Fsp3) is 0.571. The number of nitrogens with one attached hydrogen (secondary N) is 1. The fourth-order valence-corrected chi connectivity index (χ4v) is 2.92. The highest BCUT2D eigenvalue weighted by Crippen LogP contribution is 2.46. The van der Waals surface area contributed by atoms with E-state index in [0.29, 0.717) is 18.1 Å². The van der Waals surface area contributed by atoms with Crippen LogP contribution >= 0.6 is 0 Å². The lowest BCUT2D eigenvalue weighted by Gasteiger charge is -2.42. The third-order valence-corrected chi connectivity index (χ3v) is 4.21. The topological polar surface area (TPSA) is 64.6 Å². The van der Waals surface area contributed by atoms with Crippen molar-refractivity contribution in [2.45, 2.75) is 31.7 Å². The van der Waals surface area contributed by atoms with Crippen molar-refractivity contribution < 1.29 is 19.1 Å². The molecular weight excluding hydrogens is 246 g/mol.